The molecule has 32 heavy (non-hydrogen) atoms. The van der Waals surface area contributed by atoms with E-state index < -0.39 is 5.97 Å². The molecule has 0 saturated heterocycles. The third-order valence-corrected chi connectivity index (χ3v) is 5.47. The molecule has 7 heteroatoms. The van der Waals surface area contributed by atoms with Crippen LogP contribution >= 0.6 is 11.6 Å². The molecule has 0 spiro atoms. The van der Waals surface area contributed by atoms with Crippen LogP contribution in [0.4, 0.5) is 5.69 Å². The van der Waals surface area contributed by atoms with Crippen LogP contribution in [-0.2, 0) is 14.3 Å². The lowest BCUT2D eigenvalue weighted by atomic mass is 10.0. The van der Waals surface area contributed by atoms with Crippen LogP contribution in [0.5, 0.6) is 11.5 Å². The van der Waals surface area contributed by atoms with Crippen LogP contribution < -0.4 is 14.4 Å². The Hall–Kier alpha value is -3.51. The number of hydrogen-bond acceptors (Lipinski definition) is 5. The normalized spacial score (nSPS) is 14.7. The lowest BCUT2D eigenvalue weighted by molar-refractivity contribution is -0.136. The minimum Gasteiger partial charge on any atom is -0.493 e. The summed E-state index contributed by atoms with van der Waals surface area (Å²) in [6.07, 6.45) is 3.27. The number of anilines is 1. The maximum absolute atomic E-state index is 13.4. The van der Waals surface area contributed by atoms with Gasteiger partial charge in [-0.2, -0.15) is 0 Å². The van der Waals surface area contributed by atoms with Crippen molar-refractivity contribution in [3.05, 3.63) is 82.0 Å². The topological polar surface area (TPSA) is 65.1 Å². The first-order valence-electron chi connectivity index (χ1n) is 9.86. The van der Waals surface area contributed by atoms with Gasteiger partial charge in [-0.05, 0) is 55.3 Å². The van der Waals surface area contributed by atoms with E-state index in [0.717, 1.165) is 5.56 Å². The van der Waals surface area contributed by atoms with Crippen LogP contribution in [0.15, 0.2) is 65.9 Å². The van der Waals surface area contributed by atoms with Gasteiger partial charge in [0.05, 0.1) is 31.1 Å². The van der Waals surface area contributed by atoms with E-state index in [1.165, 1.54) is 19.1 Å². The molecule has 1 aliphatic heterocycles. The highest BCUT2D eigenvalue weighted by atomic mass is 35.5. The first-order chi connectivity index (χ1) is 15.3. The van der Waals surface area contributed by atoms with Crippen molar-refractivity contribution >= 4 is 35.2 Å². The number of methoxy groups -OCH3 is 2. The number of carbonyl (C=O) groups excluding carboxylic acids is 2. The molecule has 2 aromatic rings. The number of halogens is 1. The van der Waals surface area contributed by atoms with E-state index in [1.807, 2.05) is 13.0 Å². The summed E-state index contributed by atoms with van der Waals surface area (Å²) in [7, 11) is 2.81. The Balaban J connectivity index is 2.09. The second kappa shape index (κ2) is 9.75. The fourth-order valence-corrected chi connectivity index (χ4v) is 3.60. The lowest BCUT2D eigenvalue weighted by Gasteiger charge is -2.18. The Labute approximate surface area is 192 Å². The second-order valence-corrected chi connectivity index (χ2v) is 7.50. The molecule has 0 aromatic heterocycles. The van der Waals surface area contributed by atoms with Crippen LogP contribution in [0.3, 0.4) is 0 Å². The molecule has 0 bridgehead atoms. The third kappa shape index (κ3) is 4.41. The summed E-state index contributed by atoms with van der Waals surface area (Å²) in [5.41, 5.74) is 2.99. The summed E-state index contributed by atoms with van der Waals surface area (Å²) in [5, 5.41) is 0.528. The number of aryl methyl sites for hydroxylation is 1. The van der Waals surface area contributed by atoms with Gasteiger partial charge in [0.15, 0.2) is 11.5 Å². The summed E-state index contributed by atoms with van der Waals surface area (Å²) in [6.45, 7) is 7.54. The molecule has 0 atom stereocenters. The standard InChI is InChI=1S/C25H24ClNO5/c1-6-11-32-21-10-8-17(13-22(21)30-4)12-19-23(25(29)31-5)16(3)27(24(19)28)18-9-7-15(2)20(26)14-18/h6-10,12-14H,1,11H2,2-5H3/b19-12-. The van der Waals surface area contributed by atoms with E-state index in [9.17, 15) is 9.59 Å². The van der Waals surface area contributed by atoms with E-state index in [-0.39, 0.29) is 17.1 Å². The van der Waals surface area contributed by atoms with Gasteiger partial charge in [0.1, 0.15) is 6.61 Å². The van der Waals surface area contributed by atoms with Crippen molar-refractivity contribution in [2.75, 3.05) is 25.7 Å². The second-order valence-electron chi connectivity index (χ2n) is 7.09. The van der Waals surface area contributed by atoms with Crippen LogP contribution in [0.25, 0.3) is 6.08 Å². The van der Waals surface area contributed by atoms with Crippen molar-refractivity contribution in [1.82, 2.24) is 0 Å². The Morgan fingerprint density at radius 3 is 2.50 bits per heavy atom. The number of allylic oxidation sites excluding steroid dienone is 1. The summed E-state index contributed by atoms with van der Waals surface area (Å²) in [6, 6.07) is 10.6. The molecule has 0 saturated carbocycles. The zero-order chi connectivity index (χ0) is 23.4. The Kier molecular flexibility index (Phi) is 7.05. The average Bonchev–Trinajstić information content (AvgIpc) is 3.03. The summed E-state index contributed by atoms with van der Waals surface area (Å²) in [4.78, 5) is 27.5. The smallest absolute Gasteiger partial charge is 0.340 e. The van der Waals surface area contributed by atoms with Crippen molar-refractivity contribution in [1.29, 1.82) is 0 Å². The summed E-state index contributed by atoms with van der Waals surface area (Å²) in [5.74, 6) is 0.0896. The lowest BCUT2D eigenvalue weighted by Crippen LogP contribution is -2.24. The molecule has 6 nitrogen and oxygen atoms in total. The van der Waals surface area contributed by atoms with Gasteiger partial charge in [0.25, 0.3) is 5.91 Å². The summed E-state index contributed by atoms with van der Waals surface area (Å²) >= 11 is 6.27. The van der Waals surface area contributed by atoms with Gasteiger partial charge in [-0.15, -0.1) is 0 Å². The highest BCUT2D eigenvalue weighted by Crippen LogP contribution is 2.37. The first kappa shape index (κ1) is 23.2. The van der Waals surface area contributed by atoms with Crippen molar-refractivity contribution in [3.8, 4) is 11.5 Å². The fraction of sp³-hybridized carbons (Fsp3) is 0.200. The predicted molar refractivity (Wildman–Crippen MR) is 125 cm³/mol. The number of carbonyl (C=O) groups is 2. The third-order valence-electron chi connectivity index (χ3n) is 5.06. The molecule has 2 aromatic carbocycles. The molecular weight excluding hydrogens is 430 g/mol. The first-order valence-corrected chi connectivity index (χ1v) is 10.2. The number of esters is 1. The Morgan fingerprint density at radius 2 is 1.88 bits per heavy atom. The average molecular weight is 454 g/mol. The molecule has 3 rings (SSSR count). The van der Waals surface area contributed by atoms with Gasteiger partial charge in [0, 0.05) is 10.7 Å². The van der Waals surface area contributed by atoms with E-state index in [0.29, 0.717) is 40.1 Å². The number of ether oxygens (including phenoxy) is 3. The van der Waals surface area contributed by atoms with Gasteiger partial charge >= 0.3 is 5.97 Å². The molecule has 0 aliphatic carbocycles. The fourth-order valence-electron chi connectivity index (χ4n) is 3.42. The van der Waals surface area contributed by atoms with Crippen molar-refractivity contribution in [2.24, 2.45) is 0 Å². The van der Waals surface area contributed by atoms with Crippen LogP contribution in [-0.4, -0.2) is 32.7 Å². The van der Waals surface area contributed by atoms with E-state index in [2.05, 4.69) is 6.58 Å². The summed E-state index contributed by atoms with van der Waals surface area (Å²) < 4.78 is 15.9. The number of benzene rings is 2. The molecule has 0 N–H and O–H groups in total. The molecular formula is C25H24ClNO5. The molecule has 1 aliphatic rings. The van der Waals surface area contributed by atoms with E-state index >= 15 is 0 Å². The molecule has 1 amide bonds. The van der Waals surface area contributed by atoms with E-state index in [1.54, 1.807) is 49.4 Å². The van der Waals surface area contributed by atoms with Crippen molar-refractivity contribution < 1.29 is 23.8 Å². The van der Waals surface area contributed by atoms with Crippen molar-refractivity contribution in [2.45, 2.75) is 13.8 Å². The van der Waals surface area contributed by atoms with Crippen molar-refractivity contribution in [3.63, 3.8) is 0 Å². The van der Waals surface area contributed by atoms with Gasteiger partial charge in [-0.3, -0.25) is 9.69 Å². The minimum absolute atomic E-state index is 0.195. The molecule has 0 fully saturated rings. The largest absolute Gasteiger partial charge is 0.493 e. The molecule has 0 radical (unpaired) electrons. The van der Waals surface area contributed by atoms with Gasteiger partial charge in [-0.25, -0.2) is 4.79 Å². The highest BCUT2D eigenvalue weighted by Gasteiger charge is 2.38. The Bertz CT molecular complexity index is 1150. The van der Waals surface area contributed by atoms with Crippen LogP contribution in [0, 0.1) is 6.92 Å². The quantitative estimate of drug-likeness (QED) is 0.331. The van der Waals surface area contributed by atoms with Gasteiger partial charge in [-0.1, -0.05) is 36.4 Å². The van der Waals surface area contributed by atoms with Crippen LogP contribution in [0.2, 0.25) is 5.02 Å². The van der Waals surface area contributed by atoms with E-state index in [4.69, 9.17) is 25.8 Å². The number of amides is 1. The number of rotatable bonds is 7. The van der Waals surface area contributed by atoms with Crippen LogP contribution in [0.1, 0.15) is 18.1 Å². The van der Waals surface area contributed by atoms with Gasteiger partial charge < -0.3 is 14.2 Å². The Morgan fingerprint density at radius 1 is 1.12 bits per heavy atom. The molecule has 0 unspecified atom stereocenters. The predicted octanol–water partition coefficient (Wildman–Crippen LogP) is 5.10. The minimum atomic E-state index is -0.597. The zero-order valence-electron chi connectivity index (χ0n) is 18.4. The monoisotopic (exact) mass is 453 g/mol. The number of hydrogen-bond donors (Lipinski definition) is 0. The number of nitrogens with zero attached hydrogens (tertiary/aromatic N) is 1. The maximum Gasteiger partial charge on any atom is 0.340 e. The maximum atomic E-state index is 13.4. The molecule has 1 heterocycles. The van der Waals surface area contributed by atoms with Gasteiger partial charge in [0.2, 0.25) is 0 Å². The SMILES string of the molecule is C=CCOc1ccc(/C=C2\C(=O)N(c3ccc(C)c(Cl)c3)C(C)=C2C(=O)OC)cc1OC. The zero-order valence-corrected chi connectivity index (χ0v) is 19.2. The molecule has 166 valence electrons. The highest BCUT2D eigenvalue weighted by molar-refractivity contribution is 6.32.